The highest BCUT2D eigenvalue weighted by molar-refractivity contribution is 5.80. The topological polar surface area (TPSA) is 66.4 Å². The molecular weight excluding hydrogens is 368 g/mol. The molecule has 0 bridgehead atoms. The van der Waals surface area contributed by atoms with Crippen molar-refractivity contribution < 1.29 is 14.3 Å². The van der Waals surface area contributed by atoms with Gasteiger partial charge in [0.25, 0.3) is 0 Å². The molecule has 0 atom stereocenters. The second-order valence-corrected chi connectivity index (χ2v) is 7.67. The van der Waals surface area contributed by atoms with Gasteiger partial charge >= 0.3 is 0 Å². The fourth-order valence-corrected chi connectivity index (χ4v) is 3.92. The number of rotatable bonds is 6. The number of ether oxygens (including phenoxy) is 2. The van der Waals surface area contributed by atoms with Crippen LogP contribution in [0.5, 0.6) is 11.5 Å². The first-order chi connectivity index (χ1) is 14.1. The number of guanidine groups is 1. The summed E-state index contributed by atoms with van der Waals surface area (Å²) in [6, 6.07) is 6.06. The molecule has 7 heteroatoms. The molecule has 2 aliphatic rings. The largest absolute Gasteiger partial charge is 0.493 e. The lowest BCUT2D eigenvalue weighted by molar-refractivity contribution is -0.130. The Morgan fingerprint density at radius 2 is 1.83 bits per heavy atom. The number of aliphatic imine (C=N–C) groups is 1. The van der Waals surface area contributed by atoms with Crippen molar-refractivity contribution in [2.75, 3.05) is 39.8 Å². The van der Waals surface area contributed by atoms with Gasteiger partial charge in [-0.15, -0.1) is 0 Å². The predicted molar refractivity (Wildman–Crippen MR) is 115 cm³/mol. The van der Waals surface area contributed by atoms with Crippen molar-refractivity contribution >= 4 is 11.9 Å². The van der Waals surface area contributed by atoms with Crippen LogP contribution >= 0.6 is 0 Å². The third kappa shape index (κ3) is 5.78. The van der Waals surface area contributed by atoms with Crippen molar-refractivity contribution in [3.63, 3.8) is 0 Å². The van der Waals surface area contributed by atoms with Gasteiger partial charge in [0.2, 0.25) is 5.91 Å². The highest BCUT2D eigenvalue weighted by Gasteiger charge is 2.21. The summed E-state index contributed by atoms with van der Waals surface area (Å²) in [4.78, 5) is 20.5. The molecule has 1 aromatic rings. The van der Waals surface area contributed by atoms with Gasteiger partial charge in [0.1, 0.15) is 0 Å². The molecule has 1 aliphatic carbocycles. The van der Waals surface area contributed by atoms with Crippen LogP contribution in [0.3, 0.4) is 0 Å². The van der Waals surface area contributed by atoms with Crippen LogP contribution in [0.15, 0.2) is 23.2 Å². The second kappa shape index (κ2) is 10.4. The van der Waals surface area contributed by atoms with Crippen LogP contribution in [-0.4, -0.2) is 67.6 Å². The third-order valence-electron chi connectivity index (χ3n) is 5.59. The Hall–Kier alpha value is -2.44. The number of carbonyl (C=O) groups excluding carboxylic acids is 1. The van der Waals surface area contributed by atoms with Crippen LogP contribution in [0.2, 0.25) is 0 Å². The van der Waals surface area contributed by atoms with Crippen LogP contribution in [0.1, 0.15) is 45.1 Å². The molecule has 2 fully saturated rings. The van der Waals surface area contributed by atoms with E-state index in [1.54, 1.807) is 14.0 Å². The Labute approximate surface area is 174 Å². The van der Waals surface area contributed by atoms with Gasteiger partial charge in [0.05, 0.1) is 19.8 Å². The molecular formula is C22H34N4O3. The van der Waals surface area contributed by atoms with E-state index >= 15 is 0 Å². The number of nitrogens with one attached hydrogen (secondary N) is 1. The second-order valence-electron chi connectivity index (χ2n) is 7.67. The maximum atomic E-state index is 11.6. The molecule has 1 saturated carbocycles. The minimum absolute atomic E-state index is 0.139. The molecule has 0 spiro atoms. The van der Waals surface area contributed by atoms with Crippen LogP contribution in [0.25, 0.3) is 0 Å². The maximum Gasteiger partial charge on any atom is 0.219 e. The molecule has 29 heavy (non-hydrogen) atoms. The van der Waals surface area contributed by atoms with Crippen molar-refractivity contribution in [1.29, 1.82) is 0 Å². The van der Waals surface area contributed by atoms with Crippen LogP contribution in [0.4, 0.5) is 0 Å². The molecule has 7 nitrogen and oxygen atoms in total. The molecule has 0 aromatic heterocycles. The van der Waals surface area contributed by atoms with Crippen molar-refractivity contribution in [2.24, 2.45) is 4.99 Å². The van der Waals surface area contributed by atoms with Gasteiger partial charge in [-0.1, -0.05) is 6.07 Å². The fourth-order valence-electron chi connectivity index (χ4n) is 3.92. The number of carbonyl (C=O) groups is 1. The Morgan fingerprint density at radius 1 is 1.14 bits per heavy atom. The minimum atomic E-state index is 0.139. The van der Waals surface area contributed by atoms with Crippen LogP contribution in [-0.2, 0) is 11.3 Å². The molecule has 1 saturated heterocycles. The highest BCUT2D eigenvalue weighted by Crippen LogP contribution is 2.32. The molecule has 160 valence electrons. The number of hydrogen-bond donors (Lipinski definition) is 1. The summed E-state index contributed by atoms with van der Waals surface area (Å²) in [7, 11) is 1.68. The monoisotopic (exact) mass is 402 g/mol. The van der Waals surface area contributed by atoms with Gasteiger partial charge in [-0.25, -0.2) is 4.99 Å². The Morgan fingerprint density at radius 3 is 2.45 bits per heavy atom. The lowest BCUT2D eigenvalue weighted by Crippen LogP contribution is -2.53. The zero-order valence-corrected chi connectivity index (χ0v) is 17.9. The van der Waals surface area contributed by atoms with Gasteiger partial charge in [0, 0.05) is 39.6 Å². The third-order valence-corrected chi connectivity index (χ3v) is 5.59. The Bertz CT molecular complexity index is 708. The first-order valence-electron chi connectivity index (χ1n) is 10.7. The van der Waals surface area contributed by atoms with E-state index < -0.39 is 0 Å². The highest BCUT2D eigenvalue weighted by atomic mass is 16.5. The molecule has 3 rings (SSSR count). The maximum absolute atomic E-state index is 11.6. The number of amides is 1. The average molecular weight is 403 g/mol. The van der Waals surface area contributed by atoms with E-state index in [2.05, 4.69) is 23.2 Å². The van der Waals surface area contributed by atoms with E-state index in [1.807, 2.05) is 17.0 Å². The van der Waals surface area contributed by atoms with E-state index in [1.165, 1.54) is 12.8 Å². The number of methoxy groups -OCH3 is 1. The molecule has 1 aliphatic heterocycles. The zero-order valence-electron chi connectivity index (χ0n) is 17.9. The summed E-state index contributed by atoms with van der Waals surface area (Å²) in [5.74, 6) is 2.62. The number of benzene rings is 1. The minimum Gasteiger partial charge on any atom is -0.493 e. The number of hydrogen-bond acceptors (Lipinski definition) is 4. The first kappa shape index (κ1) is 21.3. The first-order valence-corrected chi connectivity index (χ1v) is 10.7. The van der Waals surface area contributed by atoms with Crippen molar-refractivity contribution in [3.8, 4) is 11.5 Å². The van der Waals surface area contributed by atoms with Gasteiger partial charge in [0.15, 0.2) is 17.5 Å². The zero-order chi connectivity index (χ0) is 20.6. The molecule has 1 N–H and O–H groups in total. The van der Waals surface area contributed by atoms with Gasteiger partial charge in [-0.3, -0.25) is 4.79 Å². The quantitative estimate of drug-likeness (QED) is 0.585. The lowest BCUT2D eigenvalue weighted by Gasteiger charge is -2.36. The fraction of sp³-hybridized carbons (Fsp3) is 0.636. The van der Waals surface area contributed by atoms with Gasteiger partial charge < -0.3 is 24.6 Å². The van der Waals surface area contributed by atoms with E-state index in [0.29, 0.717) is 6.54 Å². The molecule has 1 amide bonds. The molecule has 0 unspecified atom stereocenters. The standard InChI is InChI=1S/C22H34N4O3/c1-4-23-22(26-13-11-25(12-14-26)17(2)27)24-16-18-9-10-20(28-3)21(15-18)29-19-7-5-6-8-19/h9-10,15,19H,4-8,11-14,16H2,1-3H3,(H,23,24). The van der Waals surface area contributed by atoms with Crippen LogP contribution < -0.4 is 14.8 Å². The summed E-state index contributed by atoms with van der Waals surface area (Å²) in [6.07, 6.45) is 4.99. The lowest BCUT2D eigenvalue weighted by atomic mass is 10.2. The van der Waals surface area contributed by atoms with E-state index in [9.17, 15) is 4.79 Å². The molecule has 1 aromatic carbocycles. The summed E-state index contributed by atoms with van der Waals surface area (Å²) < 4.78 is 11.7. The van der Waals surface area contributed by atoms with E-state index in [0.717, 1.165) is 68.6 Å². The Kier molecular flexibility index (Phi) is 7.61. The molecule has 1 heterocycles. The Balaban J connectivity index is 1.67. The molecule has 0 radical (unpaired) electrons. The SMILES string of the molecule is CCNC(=NCc1ccc(OC)c(OC2CCCC2)c1)N1CCN(C(C)=O)CC1. The predicted octanol–water partition coefficient (Wildman–Crippen LogP) is 2.65. The van der Waals surface area contributed by atoms with Crippen molar-refractivity contribution in [3.05, 3.63) is 23.8 Å². The number of nitrogens with zero attached hydrogens (tertiary/aromatic N) is 3. The summed E-state index contributed by atoms with van der Waals surface area (Å²) in [5, 5.41) is 3.38. The summed E-state index contributed by atoms with van der Waals surface area (Å²) >= 11 is 0. The van der Waals surface area contributed by atoms with Gasteiger partial charge in [-0.05, 0) is 50.3 Å². The van der Waals surface area contributed by atoms with Crippen molar-refractivity contribution in [1.82, 2.24) is 15.1 Å². The summed E-state index contributed by atoms with van der Waals surface area (Å²) in [5.41, 5.74) is 1.09. The van der Waals surface area contributed by atoms with E-state index in [4.69, 9.17) is 14.5 Å². The smallest absolute Gasteiger partial charge is 0.219 e. The number of piperazine rings is 1. The van der Waals surface area contributed by atoms with E-state index in [-0.39, 0.29) is 12.0 Å². The van der Waals surface area contributed by atoms with Gasteiger partial charge in [-0.2, -0.15) is 0 Å². The van der Waals surface area contributed by atoms with Crippen molar-refractivity contribution in [2.45, 2.75) is 52.2 Å². The normalized spacial score (nSPS) is 18.1. The average Bonchev–Trinajstić information content (AvgIpc) is 3.24. The van der Waals surface area contributed by atoms with Crippen LogP contribution in [0, 0.1) is 0 Å². The summed E-state index contributed by atoms with van der Waals surface area (Å²) in [6.45, 7) is 8.15.